The monoisotopic (exact) mass is 289 g/mol. The first-order chi connectivity index (χ1) is 9.63. The highest BCUT2D eigenvalue weighted by Gasteiger charge is 2.26. The Labute approximate surface area is 126 Å². The van der Waals surface area contributed by atoms with Gasteiger partial charge in [-0.25, -0.2) is 0 Å². The molecule has 108 valence electrons. The van der Waals surface area contributed by atoms with E-state index in [1.54, 1.807) is 0 Å². The fraction of sp³-hybridized carbons (Fsp3) is 0.562. The van der Waals surface area contributed by atoms with Crippen molar-refractivity contribution in [2.75, 3.05) is 37.6 Å². The van der Waals surface area contributed by atoms with Crippen molar-refractivity contribution >= 4 is 22.9 Å². The fourth-order valence-corrected chi connectivity index (χ4v) is 3.20. The maximum atomic E-state index is 5.72. The van der Waals surface area contributed by atoms with Crippen LogP contribution in [0, 0.1) is 12.8 Å². The number of hydrogen-bond acceptors (Lipinski definition) is 3. The van der Waals surface area contributed by atoms with E-state index in [0.717, 1.165) is 24.6 Å². The van der Waals surface area contributed by atoms with Crippen LogP contribution in [0.4, 0.5) is 5.69 Å². The number of nitrogens with zero attached hydrogens (tertiary/aromatic N) is 2. The van der Waals surface area contributed by atoms with Crippen LogP contribution in [0.2, 0.25) is 0 Å². The Morgan fingerprint density at radius 3 is 2.50 bits per heavy atom. The molecule has 0 amide bonds. The summed E-state index contributed by atoms with van der Waals surface area (Å²) >= 11 is 5.07. The lowest BCUT2D eigenvalue weighted by molar-refractivity contribution is 0.248. The molecule has 3 rings (SSSR count). The van der Waals surface area contributed by atoms with Crippen molar-refractivity contribution in [2.45, 2.75) is 19.8 Å². The molecule has 0 bridgehead atoms. The topological polar surface area (TPSA) is 32.5 Å². The van der Waals surface area contributed by atoms with E-state index in [2.05, 4.69) is 34.9 Å². The minimum Gasteiger partial charge on any atom is -0.389 e. The van der Waals surface area contributed by atoms with Gasteiger partial charge in [0.25, 0.3) is 0 Å². The third-order valence-electron chi connectivity index (χ3n) is 4.43. The second kappa shape index (κ2) is 5.70. The van der Waals surface area contributed by atoms with E-state index >= 15 is 0 Å². The quantitative estimate of drug-likeness (QED) is 0.861. The molecule has 20 heavy (non-hydrogen) atoms. The molecule has 1 saturated heterocycles. The van der Waals surface area contributed by atoms with Crippen LogP contribution in [0.5, 0.6) is 0 Å². The van der Waals surface area contributed by atoms with Crippen LogP contribution in [0.1, 0.15) is 24.0 Å². The zero-order valence-corrected chi connectivity index (χ0v) is 13.0. The summed E-state index contributed by atoms with van der Waals surface area (Å²) in [5, 5.41) is 0. The van der Waals surface area contributed by atoms with Crippen molar-refractivity contribution < 1.29 is 0 Å². The standard InChI is InChI=1S/C16H23N3S/c1-12-10-14(4-5-15(12)16(17)20)19-8-6-18(7-9-19)11-13-2-3-13/h4-5,10,13H,2-3,6-9,11H2,1H3,(H2,17,20). The SMILES string of the molecule is Cc1cc(N2CCN(CC3CC3)CC2)ccc1C(N)=S. The average Bonchev–Trinajstić information content (AvgIpc) is 3.23. The molecule has 2 aliphatic rings. The van der Waals surface area contributed by atoms with E-state index < -0.39 is 0 Å². The number of rotatable bonds is 4. The van der Waals surface area contributed by atoms with Gasteiger partial charge in [0.15, 0.2) is 0 Å². The molecule has 0 aromatic heterocycles. The van der Waals surface area contributed by atoms with Crippen LogP contribution in [0.25, 0.3) is 0 Å². The Morgan fingerprint density at radius 1 is 1.25 bits per heavy atom. The Morgan fingerprint density at radius 2 is 1.95 bits per heavy atom. The molecule has 1 aromatic rings. The van der Waals surface area contributed by atoms with Crippen molar-refractivity contribution in [3.8, 4) is 0 Å². The summed E-state index contributed by atoms with van der Waals surface area (Å²) in [7, 11) is 0. The van der Waals surface area contributed by atoms with Gasteiger partial charge >= 0.3 is 0 Å². The lowest BCUT2D eigenvalue weighted by atomic mass is 10.1. The normalized spacial score (nSPS) is 20.1. The molecule has 1 aliphatic carbocycles. The van der Waals surface area contributed by atoms with Gasteiger partial charge in [0.1, 0.15) is 4.99 Å². The third-order valence-corrected chi connectivity index (χ3v) is 4.65. The molecule has 1 saturated carbocycles. The number of aryl methyl sites for hydroxylation is 1. The summed E-state index contributed by atoms with van der Waals surface area (Å²) in [6.07, 6.45) is 2.89. The Bertz CT molecular complexity index is 502. The Balaban J connectivity index is 1.62. The second-order valence-corrected chi connectivity index (χ2v) is 6.53. The molecule has 3 nitrogen and oxygen atoms in total. The smallest absolute Gasteiger partial charge is 0.104 e. The first-order valence-electron chi connectivity index (χ1n) is 7.51. The number of anilines is 1. The number of benzene rings is 1. The maximum absolute atomic E-state index is 5.72. The van der Waals surface area contributed by atoms with E-state index in [1.807, 2.05) is 0 Å². The lowest BCUT2D eigenvalue weighted by Crippen LogP contribution is -2.47. The predicted octanol–water partition coefficient (Wildman–Crippen LogP) is 2.16. The van der Waals surface area contributed by atoms with Crippen LogP contribution in [0.3, 0.4) is 0 Å². The van der Waals surface area contributed by atoms with Gasteiger partial charge < -0.3 is 10.6 Å². The maximum Gasteiger partial charge on any atom is 0.104 e. The minimum absolute atomic E-state index is 0.489. The van der Waals surface area contributed by atoms with Crippen LogP contribution < -0.4 is 10.6 Å². The highest BCUT2D eigenvalue weighted by atomic mass is 32.1. The summed E-state index contributed by atoms with van der Waals surface area (Å²) in [4.78, 5) is 5.58. The van der Waals surface area contributed by atoms with Crippen LogP contribution >= 0.6 is 12.2 Å². The summed E-state index contributed by atoms with van der Waals surface area (Å²) in [6.45, 7) is 8.02. The molecular formula is C16H23N3S. The van der Waals surface area contributed by atoms with E-state index in [1.165, 1.54) is 43.7 Å². The summed E-state index contributed by atoms with van der Waals surface area (Å²) in [6, 6.07) is 6.42. The van der Waals surface area contributed by atoms with Crippen LogP contribution in [-0.4, -0.2) is 42.6 Å². The highest BCUT2D eigenvalue weighted by Crippen LogP contribution is 2.30. The van der Waals surface area contributed by atoms with E-state index in [4.69, 9.17) is 18.0 Å². The fourth-order valence-electron chi connectivity index (χ4n) is 2.98. The number of piperazine rings is 1. The molecule has 2 N–H and O–H groups in total. The molecule has 0 unspecified atom stereocenters. The zero-order chi connectivity index (χ0) is 14.1. The van der Waals surface area contributed by atoms with Crippen LogP contribution in [-0.2, 0) is 0 Å². The summed E-state index contributed by atoms with van der Waals surface area (Å²) in [5.41, 5.74) is 9.20. The Hall–Kier alpha value is -1.13. The molecule has 0 spiro atoms. The van der Waals surface area contributed by atoms with E-state index in [9.17, 15) is 0 Å². The molecular weight excluding hydrogens is 266 g/mol. The highest BCUT2D eigenvalue weighted by molar-refractivity contribution is 7.80. The molecule has 2 fully saturated rings. The average molecular weight is 289 g/mol. The minimum atomic E-state index is 0.489. The van der Waals surface area contributed by atoms with Crippen molar-refractivity contribution in [3.63, 3.8) is 0 Å². The molecule has 0 radical (unpaired) electrons. The Kier molecular flexibility index (Phi) is 3.94. The summed E-state index contributed by atoms with van der Waals surface area (Å²) < 4.78 is 0. The van der Waals surface area contributed by atoms with Crippen LogP contribution in [0.15, 0.2) is 18.2 Å². The van der Waals surface area contributed by atoms with Gasteiger partial charge in [-0.2, -0.15) is 0 Å². The zero-order valence-electron chi connectivity index (χ0n) is 12.1. The van der Waals surface area contributed by atoms with Gasteiger partial charge in [0.2, 0.25) is 0 Å². The van der Waals surface area contributed by atoms with Crippen molar-refractivity contribution in [1.29, 1.82) is 0 Å². The van der Waals surface area contributed by atoms with Gasteiger partial charge in [-0.3, -0.25) is 4.90 Å². The molecule has 1 aliphatic heterocycles. The largest absolute Gasteiger partial charge is 0.389 e. The van der Waals surface area contributed by atoms with Crippen molar-refractivity contribution in [3.05, 3.63) is 29.3 Å². The van der Waals surface area contributed by atoms with Gasteiger partial charge in [0, 0.05) is 44.0 Å². The summed E-state index contributed by atoms with van der Waals surface area (Å²) in [5.74, 6) is 0.994. The first-order valence-corrected chi connectivity index (χ1v) is 7.92. The molecule has 1 aromatic carbocycles. The van der Waals surface area contributed by atoms with Gasteiger partial charge in [-0.1, -0.05) is 12.2 Å². The first kappa shape index (κ1) is 13.8. The van der Waals surface area contributed by atoms with E-state index in [0.29, 0.717) is 4.99 Å². The van der Waals surface area contributed by atoms with Gasteiger partial charge in [-0.15, -0.1) is 0 Å². The van der Waals surface area contributed by atoms with Crippen molar-refractivity contribution in [2.24, 2.45) is 11.7 Å². The predicted molar refractivity (Wildman–Crippen MR) is 88.4 cm³/mol. The second-order valence-electron chi connectivity index (χ2n) is 6.09. The lowest BCUT2D eigenvalue weighted by Gasteiger charge is -2.36. The third kappa shape index (κ3) is 3.13. The number of hydrogen-bond donors (Lipinski definition) is 1. The van der Waals surface area contributed by atoms with E-state index in [-0.39, 0.29) is 0 Å². The molecule has 1 heterocycles. The molecule has 0 atom stereocenters. The molecule has 4 heteroatoms. The van der Waals surface area contributed by atoms with Crippen molar-refractivity contribution in [1.82, 2.24) is 4.90 Å². The van der Waals surface area contributed by atoms with Gasteiger partial charge in [0.05, 0.1) is 0 Å². The van der Waals surface area contributed by atoms with Gasteiger partial charge in [-0.05, 0) is 49.4 Å². The number of thiocarbonyl (C=S) groups is 1. The number of nitrogens with two attached hydrogens (primary N) is 1.